The van der Waals surface area contributed by atoms with E-state index in [2.05, 4.69) is 0 Å². The molecule has 1 amide bonds. The fourth-order valence-corrected chi connectivity index (χ4v) is 4.43. The van der Waals surface area contributed by atoms with Gasteiger partial charge in [0.1, 0.15) is 17.3 Å². The number of hydrogen-bond donors (Lipinski definition) is 1. The van der Waals surface area contributed by atoms with Crippen molar-refractivity contribution in [3.8, 4) is 11.5 Å². The van der Waals surface area contributed by atoms with Crippen LogP contribution in [-0.2, 0) is 16.1 Å². The van der Waals surface area contributed by atoms with Crippen LogP contribution in [0, 0.1) is 0 Å². The fourth-order valence-electron chi connectivity index (χ4n) is 4.43. The molecule has 0 aliphatic carbocycles. The lowest BCUT2D eigenvalue weighted by Crippen LogP contribution is -2.29. The number of rotatable bonds is 8. The van der Waals surface area contributed by atoms with E-state index >= 15 is 0 Å². The molecule has 1 N–H and O–H groups in total. The highest BCUT2D eigenvalue weighted by atomic mass is 16.5. The van der Waals surface area contributed by atoms with Crippen molar-refractivity contribution in [2.75, 3.05) is 32.7 Å². The number of ketones is 1. The van der Waals surface area contributed by atoms with E-state index in [1.165, 1.54) is 12.0 Å². The Morgan fingerprint density at radius 2 is 1.72 bits per heavy atom. The molecule has 1 aliphatic heterocycles. The summed E-state index contributed by atoms with van der Waals surface area (Å²) in [5.41, 5.74) is 2.89. The van der Waals surface area contributed by atoms with Crippen LogP contribution in [0.5, 0.6) is 11.5 Å². The summed E-state index contributed by atoms with van der Waals surface area (Å²) in [6.45, 7) is 2.60. The Hall–Kier alpha value is -4.26. The van der Waals surface area contributed by atoms with Crippen molar-refractivity contribution in [1.29, 1.82) is 0 Å². The van der Waals surface area contributed by atoms with Crippen LogP contribution in [0.1, 0.15) is 29.7 Å². The van der Waals surface area contributed by atoms with Crippen LogP contribution in [0.15, 0.2) is 78.4 Å². The number of aliphatic hydroxyl groups is 1. The molecule has 1 unspecified atom stereocenters. The van der Waals surface area contributed by atoms with E-state index in [9.17, 15) is 14.7 Å². The number of carbonyl (C=O) groups excluding carboxylic acids is 2. The molecule has 1 heterocycles. The van der Waals surface area contributed by atoms with Crippen LogP contribution in [0.25, 0.3) is 5.76 Å². The van der Waals surface area contributed by atoms with E-state index < -0.39 is 17.7 Å². The van der Waals surface area contributed by atoms with Crippen molar-refractivity contribution >= 4 is 23.1 Å². The Morgan fingerprint density at radius 3 is 2.39 bits per heavy atom. The predicted molar refractivity (Wildman–Crippen MR) is 139 cm³/mol. The molecule has 1 aliphatic rings. The smallest absolute Gasteiger partial charge is 0.295 e. The summed E-state index contributed by atoms with van der Waals surface area (Å²) < 4.78 is 11.0. The molecule has 3 aromatic carbocycles. The molecular formula is C29H30N2O5. The highest BCUT2D eigenvalue weighted by Gasteiger charge is 2.46. The Bertz CT molecular complexity index is 1300. The molecule has 186 valence electrons. The molecule has 0 bridgehead atoms. The molecular weight excluding hydrogens is 456 g/mol. The zero-order valence-electron chi connectivity index (χ0n) is 20.9. The van der Waals surface area contributed by atoms with E-state index in [-0.39, 0.29) is 17.9 Å². The zero-order valence-corrected chi connectivity index (χ0v) is 20.9. The molecule has 1 saturated heterocycles. The van der Waals surface area contributed by atoms with Gasteiger partial charge in [0.25, 0.3) is 11.7 Å². The highest BCUT2D eigenvalue weighted by Crippen LogP contribution is 2.42. The highest BCUT2D eigenvalue weighted by molar-refractivity contribution is 6.46. The number of amides is 1. The summed E-state index contributed by atoms with van der Waals surface area (Å²) in [6, 6.07) is 21.2. The quantitative estimate of drug-likeness (QED) is 0.280. The first-order chi connectivity index (χ1) is 17.3. The molecule has 3 aromatic rings. The monoisotopic (exact) mass is 486 g/mol. The van der Waals surface area contributed by atoms with Crippen molar-refractivity contribution in [1.82, 2.24) is 4.90 Å². The SMILES string of the molecule is CCOc1cccc(CN2C(=O)C(=O)/C(=C(\O)c3ccccc3OC)C2c2ccc(N(C)C)cc2)c1. The topological polar surface area (TPSA) is 79.3 Å². The molecule has 0 aromatic heterocycles. The predicted octanol–water partition coefficient (Wildman–Crippen LogP) is 4.78. The first-order valence-corrected chi connectivity index (χ1v) is 11.8. The Balaban J connectivity index is 1.85. The summed E-state index contributed by atoms with van der Waals surface area (Å²) in [5.74, 6) is -0.575. The third kappa shape index (κ3) is 4.77. The number of hydrogen-bond acceptors (Lipinski definition) is 6. The normalized spacial score (nSPS) is 16.8. The summed E-state index contributed by atoms with van der Waals surface area (Å²) in [7, 11) is 5.37. The van der Waals surface area contributed by atoms with Gasteiger partial charge in [-0.25, -0.2) is 0 Å². The maximum Gasteiger partial charge on any atom is 0.295 e. The first-order valence-electron chi connectivity index (χ1n) is 11.8. The van der Waals surface area contributed by atoms with Crippen LogP contribution >= 0.6 is 0 Å². The standard InChI is InChI=1S/C29H30N2O5/c1-5-36-22-10-8-9-19(17-22)18-31-26(20-13-15-21(16-14-20)30(2)3)25(28(33)29(31)34)27(32)23-11-6-7-12-24(23)35-4/h6-17,26,32H,5,18H2,1-4H3/b27-25-. The van der Waals surface area contributed by atoms with Gasteiger partial charge in [-0.15, -0.1) is 0 Å². The van der Waals surface area contributed by atoms with E-state index in [4.69, 9.17) is 9.47 Å². The van der Waals surface area contributed by atoms with Crippen molar-refractivity contribution in [2.45, 2.75) is 19.5 Å². The molecule has 1 fully saturated rings. The number of ether oxygens (including phenoxy) is 2. The van der Waals surface area contributed by atoms with E-state index in [1.807, 2.05) is 74.4 Å². The van der Waals surface area contributed by atoms with Crippen molar-refractivity contribution in [3.05, 3.63) is 95.1 Å². The third-order valence-electron chi connectivity index (χ3n) is 6.19. The summed E-state index contributed by atoms with van der Waals surface area (Å²) in [5, 5.41) is 11.4. The zero-order chi connectivity index (χ0) is 25.8. The van der Waals surface area contributed by atoms with Gasteiger partial charge in [-0.05, 0) is 54.4 Å². The number of aliphatic hydroxyl groups excluding tert-OH is 1. The van der Waals surface area contributed by atoms with Gasteiger partial charge in [0.15, 0.2) is 0 Å². The molecule has 4 rings (SSSR count). The van der Waals surface area contributed by atoms with Crippen LogP contribution in [0.3, 0.4) is 0 Å². The van der Waals surface area contributed by atoms with E-state index in [0.717, 1.165) is 16.8 Å². The molecule has 0 radical (unpaired) electrons. The molecule has 36 heavy (non-hydrogen) atoms. The molecule has 7 heteroatoms. The van der Waals surface area contributed by atoms with Crippen LogP contribution in [0.2, 0.25) is 0 Å². The van der Waals surface area contributed by atoms with Gasteiger partial charge in [0.2, 0.25) is 0 Å². The Kier molecular flexibility index (Phi) is 7.29. The molecule has 1 atom stereocenters. The third-order valence-corrected chi connectivity index (χ3v) is 6.19. The summed E-state index contributed by atoms with van der Waals surface area (Å²) in [6.07, 6.45) is 0. The number of carbonyl (C=O) groups is 2. The van der Waals surface area contributed by atoms with Gasteiger partial charge in [-0.1, -0.05) is 36.4 Å². The average molecular weight is 487 g/mol. The van der Waals surface area contributed by atoms with Gasteiger partial charge in [-0.3, -0.25) is 9.59 Å². The number of likely N-dealkylation sites (tertiary alicyclic amines) is 1. The number of para-hydroxylation sites is 1. The number of benzene rings is 3. The number of nitrogens with zero attached hydrogens (tertiary/aromatic N) is 2. The number of methoxy groups -OCH3 is 1. The molecule has 7 nitrogen and oxygen atoms in total. The first kappa shape index (κ1) is 24.9. The second-order valence-electron chi connectivity index (χ2n) is 8.69. The second kappa shape index (κ2) is 10.6. The van der Waals surface area contributed by atoms with Gasteiger partial charge >= 0.3 is 0 Å². The second-order valence-corrected chi connectivity index (χ2v) is 8.69. The molecule has 0 spiro atoms. The minimum Gasteiger partial charge on any atom is -0.507 e. The van der Waals surface area contributed by atoms with Gasteiger partial charge in [-0.2, -0.15) is 0 Å². The van der Waals surface area contributed by atoms with E-state index in [0.29, 0.717) is 23.7 Å². The number of anilines is 1. The van der Waals surface area contributed by atoms with Gasteiger partial charge < -0.3 is 24.4 Å². The Morgan fingerprint density at radius 1 is 1.00 bits per heavy atom. The minimum absolute atomic E-state index is 0.0306. The molecule has 0 saturated carbocycles. The van der Waals surface area contributed by atoms with Crippen LogP contribution in [0.4, 0.5) is 5.69 Å². The average Bonchev–Trinajstić information content (AvgIpc) is 3.13. The van der Waals surface area contributed by atoms with Crippen molar-refractivity contribution in [3.63, 3.8) is 0 Å². The van der Waals surface area contributed by atoms with E-state index in [1.54, 1.807) is 24.3 Å². The lowest BCUT2D eigenvalue weighted by atomic mass is 9.94. The van der Waals surface area contributed by atoms with Crippen molar-refractivity contribution in [2.24, 2.45) is 0 Å². The lowest BCUT2D eigenvalue weighted by Gasteiger charge is -2.26. The fraction of sp³-hybridized carbons (Fsp3) is 0.241. The van der Waals surface area contributed by atoms with Gasteiger partial charge in [0, 0.05) is 26.3 Å². The van der Waals surface area contributed by atoms with Crippen LogP contribution < -0.4 is 14.4 Å². The lowest BCUT2D eigenvalue weighted by molar-refractivity contribution is -0.140. The van der Waals surface area contributed by atoms with Gasteiger partial charge in [0.05, 0.1) is 30.9 Å². The van der Waals surface area contributed by atoms with Crippen LogP contribution in [-0.4, -0.2) is 49.5 Å². The largest absolute Gasteiger partial charge is 0.507 e. The summed E-state index contributed by atoms with van der Waals surface area (Å²) >= 11 is 0. The Labute approximate surface area is 211 Å². The van der Waals surface area contributed by atoms with Crippen molar-refractivity contribution < 1.29 is 24.2 Å². The maximum atomic E-state index is 13.4. The number of Topliss-reactive ketones (excluding diaryl/α,β-unsaturated/α-hetero) is 1. The maximum absolute atomic E-state index is 13.4. The summed E-state index contributed by atoms with van der Waals surface area (Å²) in [4.78, 5) is 30.2. The minimum atomic E-state index is -0.776.